The van der Waals surface area contributed by atoms with Gasteiger partial charge in [-0.15, -0.1) is 5.10 Å². The first kappa shape index (κ1) is 25.1. The molecule has 36 heavy (non-hydrogen) atoms. The van der Waals surface area contributed by atoms with Gasteiger partial charge in [0.2, 0.25) is 11.8 Å². The molecule has 0 radical (unpaired) electrons. The van der Waals surface area contributed by atoms with Gasteiger partial charge in [-0.25, -0.2) is 0 Å². The van der Waals surface area contributed by atoms with Gasteiger partial charge < -0.3 is 14.5 Å². The van der Waals surface area contributed by atoms with Crippen molar-refractivity contribution in [3.8, 4) is 5.75 Å². The van der Waals surface area contributed by atoms with Crippen LogP contribution in [0.25, 0.3) is 0 Å². The summed E-state index contributed by atoms with van der Waals surface area (Å²) < 4.78 is 8.07. The first-order valence-corrected chi connectivity index (χ1v) is 13.6. The third kappa shape index (κ3) is 4.72. The molecule has 0 bridgehead atoms. The van der Waals surface area contributed by atoms with Crippen LogP contribution in [0.3, 0.4) is 0 Å². The third-order valence-electron chi connectivity index (χ3n) is 8.42. The van der Waals surface area contributed by atoms with Gasteiger partial charge in [-0.05, 0) is 56.2 Å². The van der Waals surface area contributed by atoms with Crippen molar-refractivity contribution in [2.24, 2.45) is 18.9 Å². The standard InChI is InChI=1S/C27H36ClN5O3/c1-17-7-4-5-8-19(17)27(35)33-14-12-20-21(28)10-11-24(36-16-22-18(2)31(3)30-29-22)26(20)23(33)15-32-13-6-9-25(32)34/h10-11,17,19,23H,4-9,12-16H2,1-3H3/t17-,19+,23+/m0/s1. The molecule has 5 rings (SSSR count). The zero-order valence-corrected chi connectivity index (χ0v) is 22.3. The van der Waals surface area contributed by atoms with Gasteiger partial charge >= 0.3 is 0 Å². The number of benzene rings is 1. The molecule has 1 saturated heterocycles. The molecule has 0 unspecified atom stereocenters. The molecule has 3 atom stereocenters. The number of rotatable bonds is 6. The number of hydrogen-bond donors (Lipinski definition) is 0. The monoisotopic (exact) mass is 513 g/mol. The zero-order valence-electron chi connectivity index (χ0n) is 21.5. The quantitative estimate of drug-likeness (QED) is 0.577. The molecule has 1 aliphatic carbocycles. The minimum Gasteiger partial charge on any atom is -0.487 e. The summed E-state index contributed by atoms with van der Waals surface area (Å²) in [7, 11) is 1.86. The Hall–Kier alpha value is -2.61. The fourth-order valence-corrected chi connectivity index (χ4v) is 6.35. The molecule has 2 amide bonds. The number of halogens is 1. The molecule has 9 heteroatoms. The molecule has 2 aromatic rings. The highest BCUT2D eigenvalue weighted by atomic mass is 35.5. The fraction of sp³-hybridized carbons (Fsp3) is 0.630. The Morgan fingerprint density at radius 3 is 2.67 bits per heavy atom. The van der Waals surface area contributed by atoms with Crippen LogP contribution < -0.4 is 4.74 Å². The van der Waals surface area contributed by atoms with Gasteiger partial charge in [0.1, 0.15) is 18.1 Å². The van der Waals surface area contributed by atoms with Crippen molar-refractivity contribution in [2.75, 3.05) is 19.6 Å². The lowest BCUT2D eigenvalue weighted by Gasteiger charge is -2.43. The first-order chi connectivity index (χ1) is 17.3. The van der Waals surface area contributed by atoms with Crippen LogP contribution in [-0.4, -0.2) is 56.2 Å². The lowest BCUT2D eigenvalue weighted by Crippen LogP contribution is -2.49. The van der Waals surface area contributed by atoms with Gasteiger partial charge in [0.25, 0.3) is 0 Å². The Morgan fingerprint density at radius 2 is 1.97 bits per heavy atom. The highest BCUT2D eigenvalue weighted by Crippen LogP contribution is 2.43. The van der Waals surface area contributed by atoms with Crippen molar-refractivity contribution in [1.82, 2.24) is 24.8 Å². The van der Waals surface area contributed by atoms with E-state index in [-0.39, 0.29) is 30.4 Å². The molecule has 194 valence electrons. The van der Waals surface area contributed by atoms with Crippen LogP contribution in [0.15, 0.2) is 12.1 Å². The highest BCUT2D eigenvalue weighted by Gasteiger charge is 2.41. The topological polar surface area (TPSA) is 80.6 Å². The van der Waals surface area contributed by atoms with E-state index < -0.39 is 0 Å². The Morgan fingerprint density at radius 1 is 1.17 bits per heavy atom. The van der Waals surface area contributed by atoms with E-state index in [1.54, 1.807) is 4.68 Å². The van der Waals surface area contributed by atoms with Crippen LogP contribution >= 0.6 is 11.6 Å². The van der Waals surface area contributed by atoms with Gasteiger partial charge in [-0.2, -0.15) is 0 Å². The van der Waals surface area contributed by atoms with E-state index in [2.05, 4.69) is 17.2 Å². The lowest BCUT2D eigenvalue weighted by molar-refractivity contribution is -0.143. The summed E-state index contributed by atoms with van der Waals surface area (Å²) >= 11 is 6.70. The van der Waals surface area contributed by atoms with E-state index in [1.165, 1.54) is 6.42 Å². The maximum Gasteiger partial charge on any atom is 0.226 e. The Kier molecular flexibility index (Phi) is 7.24. The second-order valence-electron chi connectivity index (χ2n) is 10.6. The van der Waals surface area contributed by atoms with Gasteiger partial charge in [-0.1, -0.05) is 36.6 Å². The Labute approximate surface area is 217 Å². The van der Waals surface area contributed by atoms with Gasteiger partial charge in [-0.3, -0.25) is 14.3 Å². The molecule has 2 fully saturated rings. The third-order valence-corrected chi connectivity index (χ3v) is 8.77. The normalized spacial score (nSPS) is 24.2. The minimum absolute atomic E-state index is 0.0304. The Balaban J connectivity index is 1.51. The average molecular weight is 514 g/mol. The summed E-state index contributed by atoms with van der Waals surface area (Å²) in [6.07, 6.45) is 6.41. The van der Waals surface area contributed by atoms with Crippen molar-refractivity contribution in [3.63, 3.8) is 0 Å². The number of carbonyl (C=O) groups excluding carboxylic acids is 2. The molecule has 0 spiro atoms. The first-order valence-electron chi connectivity index (χ1n) is 13.2. The van der Waals surface area contributed by atoms with Crippen molar-refractivity contribution >= 4 is 23.4 Å². The smallest absolute Gasteiger partial charge is 0.226 e. The molecular weight excluding hydrogens is 478 g/mol. The molecular formula is C27H36ClN5O3. The molecule has 1 aromatic heterocycles. The van der Waals surface area contributed by atoms with E-state index in [1.807, 2.05) is 35.9 Å². The second-order valence-corrected chi connectivity index (χ2v) is 11.0. The van der Waals surface area contributed by atoms with Crippen LogP contribution in [0.1, 0.15) is 74.0 Å². The van der Waals surface area contributed by atoms with Crippen molar-refractivity contribution in [1.29, 1.82) is 0 Å². The lowest BCUT2D eigenvalue weighted by atomic mass is 9.78. The Bertz CT molecular complexity index is 1150. The summed E-state index contributed by atoms with van der Waals surface area (Å²) in [5.41, 5.74) is 3.67. The van der Waals surface area contributed by atoms with Crippen LogP contribution in [0.4, 0.5) is 0 Å². The molecule has 8 nitrogen and oxygen atoms in total. The molecule has 3 aliphatic rings. The summed E-state index contributed by atoms with van der Waals surface area (Å²) in [6, 6.07) is 3.48. The zero-order chi connectivity index (χ0) is 25.4. The predicted octanol–water partition coefficient (Wildman–Crippen LogP) is 4.23. The van der Waals surface area contributed by atoms with Crippen molar-refractivity contribution in [3.05, 3.63) is 39.7 Å². The van der Waals surface area contributed by atoms with E-state index in [0.29, 0.717) is 42.6 Å². The molecule has 1 saturated carbocycles. The highest BCUT2D eigenvalue weighted by molar-refractivity contribution is 6.31. The van der Waals surface area contributed by atoms with Crippen molar-refractivity contribution < 1.29 is 14.3 Å². The number of nitrogens with zero attached hydrogens (tertiary/aromatic N) is 5. The van der Waals surface area contributed by atoms with Crippen LogP contribution in [0, 0.1) is 18.8 Å². The number of aromatic nitrogens is 3. The van der Waals surface area contributed by atoms with Crippen LogP contribution in [-0.2, 0) is 29.7 Å². The fourth-order valence-electron chi connectivity index (χ4n) is 6.09. The largest absolute Gasteiger partial charge is 0.487 e. The average Bonchev–Trinajstić information content (AvgIpc) is 3.43. The van der Waals surface area contributed by atoms with Crippen molar-refractivity contribution in [2.45, 2.75) is 71.4 Å². The molecule has 3 heterocycles. The number of aryl methyl sites for hydroxylation is 1. The summed E-state index contributed by atoms with van der Waals surface area (Å²) in [5.74, 6) is 1.46. The maximum atomic E-state index is 14.0. The van der Waals surface area contributed by atoms with Crippen LogP contribution in [0.5, 0.6) is 5.75 Å². The number of hydrogen-bond acceptors (Lipinski definition) is 5. The predicted molar refractivity (Wildman–Crippen MR) is 137 cm³/mol. The number of carbonyl (C=O) groups is 2. The number of amides is 2. The van der Waals surface area contributed by atoms with E-state index in [9.17, 15) is 9.59 Å². The van der Waals surface area contributed by atoms with Gasteiger partial charge in [0.05, 0.1) is 11.7 Å². The number of fused-ring (bicyclic) bond motifs is 1. The van der Waals surface area contributed by atoms with E-state index in [4.69, 9.17) is 16.3 Å². The van der Waals surface area contributed by atoms with E-state index >= 15 is 0 Å². The van der Waals surface area contributed by atoms with Gasteiger partial charge in [0.15, 0.2) is 0 Å². The maximum absolute atomic E-state index is 14.0. The van der Waals surface area contributed by atoms with Crippen LogP contribution in [0.2, 0.25) is 5.02 Å². The molecule has 1 aromatic carbocycles. The number of likely N-dealkylation sites (tertiary alicyclic amines) is 1. The summed E-state index contributed by atoms with van der Waals surface area (Å²) in [5, 5.41) is 9.00. The van der Waals surface area contributed by atoms with E-state index in [0.717, 1.165) is 54.7 Å². The molecule has 0 N–H and O–H groups in total. The van der Waals surface area contributed by atoms with Gasteiger partial charge in [0, 0.05) is 49.6 Å². The molecule has 2 aliphatic heterocycles. The summed E-state index contributed by atoms with van der Waals surface area (Å²) in [6.45, 7) is 6.24. The SMILES string of the molecule is Cc1c(COc2ccc(Cl)c3c2[C@@H](CN2CCCC2=O)N(C(=O)[C@@H]2CCCC[C@@H]2C)CC3)nnn1C. The number of ether oxygens (including phenoxy) is 1. The minimum atomic E-state index is -0.283. The summed E-state index contributed by atoms with van der Waals surface area (Å²) in [4.78, 5) is 30.6. The second kappa shape index (κ2) is 10.4.